The monoisotopic (exact) mass is 419 g/mol. The van der Waals surface area contributed by atoms with Crippen molar-refractivity contribution in [2.75, 3.05) is 27.4 Å². The summed E-state index contributed by atoms with van der Waals surface area (Å²) in [6.07, 6.45) is 0.0292. The molecule has 5 nitrogen and oxygen atoms in total. The molecule has 5 heteroatoms. The molecule has 0 radical (unpaired) electrons. The largest absolute Gasteiger partial charge is 0.496 e. The predicted octanol–water partition coefficient (Wildman–Crippen LogP) is 4.37. The number of hydrogen-bond donors (Lipinski definition) is 1. The normalized spacial score (nSPS) is 14.8. The van der Waals surface area contributed by atoms with Crippen molar-refractivity contribution < 1.29 is 19.3 Å². The molecular weight excluding hydrogens is 390 g/mol. The van der Waals surface area contributed by atoms with E-state index in [9.17, 15) is 5.11 Å². The molecule has 3 aromatic carbocycles. The van der Waals surface area contributed by atoms with Gasteiger partial charge in [-0.05, 0) is 35.4 Å². The molecule has 0 spiro atoms. The second-order valence-electron chi connectivity index (χ2n) is 7.77. The number of aliphatic hydroxyl groups is 1. The maximum Gasteiger partial charge on any atom is 0.127 e. The lowest BCUT2D eigenvalue weighted by molar-refractivity contribution is 0.178. The zero-order valence-corrected chi connectivity index (χ0v) is 18.1. The van der Waals surface area contributed by atoms with Crippen molar-refractivity contribution in [1.29, 1.82) is 0 Å². The molecule has 1 aliphatic heterocycles. The molecule has 0 aliphatic carbocycles. The van der Waals surface area contributed by atoms with Crippen molar-refractivity contribution in [2.45, 2.75) is 25.6 Å². The molecule has 1 aliphatic rings. The number of hydrogen-bond acceptors (Lipinski definition) is 5. The Morgan fingerprint density at radius 2 is 1.71 bits per heavy atom. The van der Waals surface area contributed by atoms with Crippen LogP contribution in [0.1, 0.15) is 28.4 Å². The molecule has 31 heavy (non-hydrogen) atoms. The fraction of sp³-hybridized carbons (Fsp3) is 0.308. The van der Waals surface area contributed by atoms with Gasteiger partial charge in [-0.2, -0.15) is 0 Å². The quantitative estimate of drug-likeness (QED) is 0.616. The summed E-state index contributed by atoms with van der Waals surface area (Å²) >= 11 is 0. The minimum Gasteiger partial charge on any atom is -0.496 e. The second-order valence-corrected chi connectivity index (χ2v) is 7.77. The number of ether oxygens (including phenoxy) is 3. The molecule has 3 aromatic rings. The lowest BCUT2D eigenvalue weighted by Gasteiger charge is -2.22. The summed E-state index contributed by atoms with van der Waals surface area (Å²) < 4.78 is 17.1. The number of aliphatic hydroxyl groups excluding tert-OH is 1. The smallest absolute Gasteiger partial charge is 0.127 e. The average Bonchev–Trinajstić information content (AvgIpc) is 3.01. The first kappa shape index (κ1) is 21.2. The van der Waals surface area contributed by atoms with E-state index in [4.69, 9.17) is 14.2 Å². The maximum absolute atomic E-state index is 10.8. The molecule has 1 unspecified atom stereocenters. The molecule has 4 rings (SSSR count). The Morgan fingerprint density at radius 1 is 0.968 bits per heavy atom. The molecular formula is C26H29NO4. The summed E-state index contributed by atoms with van der Waals surface area (Å²) in [4.78, 5) is 2.32. The highest BCUT2D eigenvalue weighted by Crippen LogP contribution is 2.32. The van der Waals surface area contributed by atoms with Crippen molar-refractivity contribution in [3.8, 4) is 17.2 Å². The lowest BCUT2D eigenvalue weighted by atomic mass is 9.99. The van der Waals surface area contributed by atoms with Crippen LogP contribution in [0.4, 0.5) is 0 Å². The number of rotatable bonds is 7. The van der Waals surface area contributed by atoms with E-state index in [1.807, 2.05) is 60.7 Å². The van der Waals surface area contributed by atoms with Gasteiger partial charge in [0.05, 0.1) is 25.9 Å². The summed E-state index contributed by atoms with van der Waals surface area (Å²) in [5, 5.41) is 10.8. The third-order valence-electron chi connectivity index (χ3n) is 5.71. The van der Waals surface area contributed by atoms with Crippen LogP contribution in [0, 0.1) is 0 Å². The van der Waals surface area contributed by atoms with Gasteiger partial charge in [-0.15, -0.1) is 0 Å². The zero-order valence-electron chi connectivity index (χ0n) is 18.1. The highest BCUT2D eigenvalue weighted by molar-refractivity contribution is 5.45. The summed E-state index contributed by atoms with van der Waals surface area (Å²) in [7, 11) is 3.36. The average molecular weight is 420 g/mol. The fourth-order valence-corrected chi connectivity index (χ4v) is 4.07. The molecule has 0 saturated heterocycles. The first-order chi connectivity index (χ1) is 15.2. The van der Waals surface area contributed by atoms with Crippen molar-refractivity contribution in [3.63, 3.8) is 0 Å². The van der Waals surface area contributed by atoms with Crippen LogP contribution in [0.3, 0.4) is 0 Å². The van der Waals surface area contributed by atoms with E-state index in [0.29, 0.717) is 19.6 Å². The van der Waals surface area contributed by atoms with Crippen LogP contribution in [-0.4, -0.2) is 37.4 Å². The van der Waals surface area contributed by atoms with Crippen LogP contribution in [0.25, 0.3) is 0 Å². The van der Waals surface area contributed by atoms with Gasteiger partial charge in [-0.1, -0.05) is 42.5 Å². The highest BCUT2D eigenvalue weighted by Gasteiger charge is 2.20. The number of benzene rings is 3. The Bertz CT molecular complexity index is 983. The van der Waals surface area contributed by atoms with Crippen molar-refractivity contribution >= 4 is 0 Å². The van der Waals surface area contributed by atoms with Gasteiger partial charge in [0.2, 0.25) is 0 Å². The third kappa shape index (κ3) is 5.01. The van der Waals surface area contributed by atoms with E-state index in [1.54, 1.807) is 14.2 Å². The molecule has 0 saturated carbocycles. The number of methoxy groups -OCH3 is 2. The third-order valence-corrected chi connectivity index (χ3v) is 5.71. The van der Waals surface area contributed by atoms with Gasteiger partial charge in [0.25, 0.3) is 0 Å². The van der Waals surface area contributed by atoms with Gasteiger partial charge in [0.1, 0.15) is 23.9 Å². The lowest BCUT2D eigenvalue weighted by Crippen LogP contribution is -2.25. The molecule has 162 valence electrons. The summed E-state index contributed by atoms with van der Waals surface area (Å²) in [6, 6.07) is 21.9. The van der Waals surface area contributed by atoms with E-state index in [2.05, 4.69) is 11.0 Å². The van der Waals surface area contributed by atoms with E-state index in [1.165, 1.54) is 0 Å². The van der Waals surface area contributed by atoms with Crippen LogP contribution >= 0.6 is 0 Å². The summed E-state index contributed by atoms with van der Waals surface area (Å²) in [5.74, 6) is 2.51. The molecule has 0 aromatic heterocycles. The first-order valence-corrected chi connectivity index (χ1v) is 10.6. The van der Waals surface area contributed by atoms with Gasteiger partial charge < -0.3 is 19.3 Å². The van der Waals surface area contributed by atoms with Crippen LogP contribution in [0.15, 0.2) is 66.7 Å². The second kappa shape index (κ2) is 9.86. The Labute approximate surface area is 183 Å². The van der Waals surface area contributed by atoms with Gasteiger partial charge in [-0.25, -0.2) is 0 Å². The summed E-state index contributed by atoms with van der Waals surface area (Å²) in [6.45, 7) is 2.81. The van der Waals surface area contributed by atoms with Crippen molar-refractivity contribution in [1.82, 2.24) is 4.90 Å². The van der Waals surface area contributed by atoms with E-state index >= 15 is 0 Å². The Morgan fingerprint density at radius 3 is 2.42 bits per heavy atom. The predicted molar refractivity (Wildman–Crippen MR) is 121 cm³/mol. The fourth-order valence-electron chi connectivity index (χ4n) is 4.07. The Kier molecular flexibility index (Phi) is 6.75. The van der Waals surface area contributed by atoms with Crippen LogP contribution in [0.2, 0.25) is 0 Å². The van der Waals surface area contributed by atoms with Crippen LogP contribution in [-0.2, 0) is 19.5 Å². The Balaban J connectivity index is 1.54. The van der Waals surface area contributed by atoms with Crippen molar-refractivity contribution in [2.24, 2.45) is 0 Å². The minimum absolute atomic E-state index is 0.557. The maximum atomic E-state index is 10.8. The minimum atomic E-state index is -0.557. The first-order valence-electron chi connectivity index (χ1n) is 10.6. The molecule has 0 bridgehead atoms. The summed E-state index contributed by atoms with van der Waals surface area (Å²) in [5.41, 5.74) is 4.13. The van der Waals surface area contributed by atoms with Crippen LogP contribution in [0.5, 0.6) is 17.2 Å². The number of nitrogens with zero attached hydrogens (tertiary/aromatic N) is 1. The van der Waals surface area contributed by atoms with E-state index in [-0.39, 0.29) is 0 Å². The molecule has 0 fully saturated rings. The molecule has 0 amide bonds. The standard InChI is InChI=1S/C26H29NO4/c1-29-25-9-6-10-26(30-2)22(25)18-27-13-14-31-24-12-11-20(16-21(24)17-27)23(28)15-19-7-4-3-5-8-19/h3-12,16,23,28H,13-15,17-18H2,1-2H3. The highest BCUT2D eigenvalue weighted by atomic mass is 16.5. The van der Waals surface area contributed by atoms with Gasteiger partial charge in [0.15, 0.2) is 0 Å². The molecule has 1 N–H and O–H groups in total. The van der Waals surface area contributed by atoms with Crippen LogP contribution < -0.4 is 14.2 Å². The van der Waals surface area contributed by atoms with E-state index in [0.717, 1.165) is 52.6 Å². The van der Waals surface area contributed by atoms with Gasteiger partial charge >= 0.3 is 0 Å². The SMILES string of the molecule is COc1cccc(OC)c1CN1CCOc2ccc(C(O)Cc3ccccc3)cc2C1. The molecule has 1 atom stereocenters. The number of fused-ring (bicyclic) bond motifs is 1. The van der Waals surface area contributed by atoms with Gasteiger partial charge in [-0.3, -0.25) is 4.90 Å². The van der Waals surface area contributed by atoms with E-state index < -0.39 is 6.10 Å². The zero-order chi connectivity index (χ0) is 21.6. The van der Waals surface area contributed by atoms with Crippen molar-refractivity contribution in [3.05, 3.63) is 89.0 Å². The van der Waals surface area contributed by atoms with Gasteiger partial charge in [0, 0.05) is 31.6 Å². The Hall–Kier alpha value is -3.02. The molecule has 1 heterocycles. The topological polar surface area (TPSA) is 51.2 Å².